The Bertz CT molecular complexity index is 1390. The number of nitrogens with zero attached hydrogens (tertiary/aromatic N) is 2. The van der Waals surface area contributed by atoms with Crippen LogP contribution >= 0.6 is 34.7 Å². The summed E-state index contributed by atoms with van der Waals surface area (Å²) in [7, 11) is 0. The lowest BCUT2D eigenvalue weighted by Crippen LogP contribution is -2.17. The zero-order valence-corrected chi connectivity index (χ0v) is 19.0. The number of carbonyl (C=O) groups is 2. The third-order valence-corrected chi connectivity index (χ3v) is 7.08. The number of aromatic nitrogens is 1. The Balaban J connectivity index is 1.53. The maximum absolute atomic E-state index is 12.7. The number of thiazole rings is 1. The first-order valence-corrected chi connectivity index (χ1v) is 11.6. The molecule has 0 aliphatic rings. The van der Waals surface area contributed by atoms with E-state index >= 15 is 0 Å². The Morgan fingerprint density at radius 3 is 2.61 bits per heavy atom. The number of fused-ring (bicyclic) bond motifs is 1. The highest BCUT2D eigenvalue weighted by molar-refractivity contribution is 8.00. The van der Waals surface area contributed by atoms with Crippen LogP contribution in [0.4, 0.5) is 11.4 Å². The minimum Gasteiger partial charge on any atom is -0.477 e. The van der Waals surface area contributed by atoms with Crippen molar-refractivity contribution in [3.05, 3.63) is 92.5 Å². The van der Waals surface area contributed by atoms with Crippen LogP contribution in [0.2, 0.25) is 5.02 Å². The van der Waals surface area contributed by atoms with E-state index < -0.39 is 28.1 Å². The number of aromatic carboxylic acids is 1. The average molecular weight is 500 g/mol. The lowest BCUT2D eigenvalue weighted by Gasteiger charge is -2.08. The zero-order valence-electron chi connectivity index (χ0n) is 16.6. The molecule has 1 amide bonds. The van der Waals surface area contributed by atoms with Crippen LogP contribution in [0.5, 0.6) is 0 Å². The van der Waals surface area contributed by atoms with Crippen molar-refractivity contribution < 1.29 is 19.6 Å². The summed E-state index contributed by atoms with van der Waals surface area (Å²) in [5.41, 5.74) is 0.713. The Morgan fingerprint density at radius 2 is 1.91 bits per heavy atom. The molecule has 0 unspecified atom stereocenters. The van der Waals surface area contributed by atoms with Crippen LogP contribution < -0.4 is 5.32 Å². The molecule has 4 rings (SSSR count). The smallest absolute Gasteiger partial charge is 0.343 e. The van der Waals surface area contributed by atoms with Crippen molar-refractivity contribution in [1.29, 1.82) is 0 Å². The number of anilines is 1. The Hall–Kier alpha value is -3.47. The molecule has 8 nitrogen and oxygen atoms in total. The van der Waals surface area contributed by atoms with E-state index in [-0.39, 0.29) is 5.56 Å². The Labute approximate surface area is 200 Å². The highest BCUT2D eigenvalue weighted by atomic mass is 35.5. The third-order valence-electron chi connectivity index (χ3n) is 4.60. The molecule has 0 fully saturated rings. The first kappa shape index (κ1) is 22.7. The van der Waals surface area contributed by atoms with Gasteiger partial charge in [0.1, 0.15) is 5.56 Å². The van der Waals surface area contributed by atoms with Crippen molar-refractivity contribution in [2.24, 2.45) is 0 Å². The number of halogens is 1. The maximum Gasteiger partial charge on any atom is 0.343 e. The molecule has 0 spiro atoms. The molecular weight excluding hydrogens is 486 g/mol. The molecule has 0 radical (unpaired) electrons. The first-order chi connectivity index (χ1) is 15.8. The van der Waals surface area contributed by atoms with Gasteiger partial charge in [0.25, 0.3) is 11.6 Å². The zero-order chi connectivity index (χ0) is 23.5. The lowest BCUT2D eigenvalue weighted by molar-refractivity contribution is -0.385. The van der Waals surface area contributed by atoms with Gasteiger partial charge in [0.05, 0.1) is 20.7 Å². The molecule has 0 saturated carbocycles. The monoisotopic (exact) mass is 499 g/mol. The summed E-state index contributed by atoms with van der Waals surface area (Å²) >= 11 is 8.95. The number of nitro benzene ring substituents is 1. The number of carboxylic acids is 1. The van der Waals surface area contributed by atoms with Gasteiger partial charge in [0.2, 0.25) is 0 Å². The fraction of sp³-hybridized carbons (Fsp3) is 0.0455. The van der Waals surface area contributed by atoms with E-state index in [0.717, 1.165) is 31.9 Å². The molecule has 4 aromatic rings. The van der Waals surface area contributed by atoms with Crippen molar-refractivity contribution in [2.45, 2.75) is 10.1 Å². The van der Waals surface area contributed by atoms with Crippen LogP contribution in [0.15, 0.2) is 65.0 Å². The molecule has 166 valence electrons. The molecule has 0 aliphatic carbocycles. The average Bonchev–Trinajstić information content (AvgIpc) is 3.20. The second kappa shape index (κ2) is 9.57. The number of carbonyl (C=O) groups excluding carboxylic acids is 1. The summed E-state index contributed by atoms with van der Waals surface area (Å²) in [6, 6.07) is 16.3. The van der Waals surface area contributed by atoms with Crippen molar-refractivity contribution in [1.82, 2.24) is 4.98 Å². The van der Waals surface area contributed by atoms with Crippen molar-refractivity contribution in [3.8, 4) is 0 Å². The van der Waals surface area contributed by atoms with E-state index in [0.29, 0.717) is 10.7 Å². The number of benzene rings is 3. The van der Waals surface area contributed by atoms with Crippen LogP contribution in [0.25, 0.3) is 10.2 Å². The van der Waals surface area contributed by atoms with Crippen LogP contribution in [0, 0.1) is 10.1 Å². The number of thioether (sulfide) groups is 1. The Kier molecular flexibility index (Phi) is 6.59. The molecule has 0 atom stereocenters. The standard InChI is InChI=1S/C22H14ClN3O5S2/c23-13-6-4-12(5-7-13)11-32-22-25-16-9-8-14(10-18(16)33-22)24-20(27)15-2-1-3-17(26(30)31)19(15)21(28)29/h1-10H,11H2,(H,24,27)(H,28,29). The fourth-order valence-electron chi connectivity index (χ4n) is 3.07. The number of rotatable bonds is 7. The van der Waals surface area contributed by atoms with E-state index in [1.54, 1.807) is 30.0 Å². The largest absolute Gasteiger partial charge is 0.477 e. The molecule has 1 aromatic heterocycles. The molecule has 1 heterocycles. The number of amides is 1. The third kappa shape index (κ3) is 5.14. The van der Waals surface area contributed by atoms with Gasteiger partial charge in [-0.15, -0.1) is 11.3 Å². The van der Waals surface area contributed by atoms with Crippen molar-refractivity contribution >= 4 is 68.2 Å². The number of carboxylic acid groups (broad SMARTS) is 1. The fourth-order valence-corrected chi connectivity index (χ4v) is 5.26. The minimum absolute atomic E-state index is 0.291. The number of nitrogens with one attached hydrogen (secondary N) is 1. The number of hydrogen-bond donors (Lipinski definition) is 2. The summed E-state index contributed by atoms with van der Waals surface area (Å²) < 4.78 is 1.69. The maximum atomic E-state index is 12.7. The summed E-state index contributed by atoms with van der Waals surface area (Å²) in [5.74, 6) is -1.57. The molecule has 11 heteroatoms. The molecule has 33 heavy (non-hydrogen) atoms. The second-order valence-electron chi connectivity index (χ2n) is 6.79. The van der Waals surface area contributed by atoms with Crippen LogP contribution in [0.1, 0.15) is 26.3 Å². The highest BCUT2D eigenvalue weighted by Gasteiger charge is 2.27. The summed E-state index contributed by atoms with van der Waals surface area (Å²) in [6.07, 6.45) is 0. The quantitative estimate of drug-likeness (QED) is 0.179. The second-order valence-corrected chi connectivity index (χ2v) is 9.48. The molecular formula is C22H14ClN3O5S2. The van der Waals surface area contributed by atoms with Gasteiger partial charge in [-0.05, 0) is 42.0 Å². The van der Waals surface area contributed by atoms with Gasteiger partial charge in [-0.25, -0.2) is 9.78 Å². The van der Waals surface area contributed by atoms with Crippen LogP contribution in [-0.4, -0.2) is 26.9 Å². The summed E-state index contributed by atoms with van der Waals surface area (Å²) in [4.78, 5) is 39.2. The number of hydrogen-bond acceptors (Lipinski definition) is 7. The highest BCUT2D eigenvalue weighted by Crippen LogP contribution is 2.33. The number of nitro groups is 1. The summed E-state index contributed by atoms with van der Waals surface area (Å²) in [6.45, 7) is 0. The topological polar surface area (TPSA) is 122 Å². The molecule has 0 aliphatic heterocycles. The van der Waals surface area contributed by atoms with E-state index in [1.807, 2.05) is 24.3 Å². The van der Waals surface area contributed by atoms with E-state index in [2.05, 4.69) is 10.3 Å². The SMILES string of the molecule is O=C(Nc1ccc2nc(SCc3ccc(Cl)cc3)sc2c1)c1cccc([N+](=O)[O-])c1C(=O)O. The van der Waals surface area contributed by atoms with E-state index in [1.165, 1.54) is 23.5 Å². The van der Waals surface area contributed by atoms with Crippen molar-refractivity contribution in [3.63, 3.8) is 0 Å². The predicted octanol–water partition coefficient (Wildman–Crippen LogP) is 6.10. The Morgan fingerprint density at radius 1 is 1.15 bits per heavy atom. The molecule has 3 aromatic carbocycles. The van der Waals surface area contributed by atoms with Gasteiger partial charge < -0.3 is 10.4 Å². The van der Waals surface area contributed by atoms with Gasteiger partial charge in [-0.1, -0.05) is 41.6 Å². The van der Waals surface area contributed by atoms with Gasteiger partial charge in [-0.3, -0.25) is 14.9 Å². The predicted molar refractivity (Wildman–Crippen MR) is 129 cm³/mol. The van der Waals surface area contributed by atoms with Gasteiger partial charge in [-0.2, -0.15) is 0 Å². The van der Waals surface area contributed by atoms with Gasteiger partial charge in [0.15, 0.2) is 4.34 Å². The molecule has 0 saturated heterocycles. The van der Waals surface area contributed by atoms with Gasteiger partial charge in [0, 0.05) is 22.5 Å². The van der Waals surface area contributed by atoms with Crippen LogP contribution in [-0.2, 0) is 5.75 Å². The molecule has 2 N–H and O–H groups in total. The first-order valence-electron chi connectivity index (χ1n) is 9.41. The van der Waals surface area contributed by atoms with Crippen molar-refractivity contribution in [2.75, 3.05) is 5.32 Å². The van der Waals surface area contributed by atoms with Gasteiger partial charge >= 0.3 is 5.97 Å². The summed E-state index contributed by atoms with van der Waals surface area (Å²) in [5, 5.41) is 23.9. The molecule has 0 bridgehead atoms. The van der Waals surface area contributed by atoms with Crippen LogP contribution in [0.3, 0.4) is 0 Å². The normalized spacial score (nSPS) is 10.8. The van der Waals surface area contributed by atoms with E-state index in [4.69, 9.17) is 11.6 Å². The lowest BCUT2D eigenvalue weighted by atomic mass is 10.0. The minimum atomic E-state index is -1.55. The van der Waals surface area contributed by atoms with E-state index in [9.17, 15) is 24.8 Å².